The fourth-order valence-corrected chi connectivity index (χ4v) is 2.50. The highest BCUT2D eigenvalue weighted by atomic mass is 32.1. The number of aliphatic hydroxyl groups excluding tert-OH is 2. The first-order valence-electron chi connectivity index (χ1n) is 5.89. The first-order chi connectivity index (χ1) is 10.1. The number of halogens is 3. The third-order valence-electron chi connectivity index (χ3n) is 3.16. The van der Waals surface area contributed by atoms with E-state index in [0.717, 1.165) is 10.8 Å². The average Bonchev–Trinajstić information content (AvgIpc) is 2.39. The number of alkyl halides is 3. The van der Waals surface area contributed by atoms with Crippen LogP contribution in [0.5, 0.6) is 0 Å². The number of hydrogen-bond donors (Lipinski definition) is 4. The molecule has 0 saturated carbocycles. The van der Waals surface area contributed by atoms with Crippen LogP contribution in [0, 0.1) is 9.41 Å². The Balaban J connectivity index is 2.63. The van der Waals surface area contributed by atoms with Gasteiger partial charge in [-0.1, -0.05) is 12.2 Å². The summed E-state index contributed by atoms with van der Waals surface area (Å²) < 4.78 is 45.6. The molecule has 122 valence electrons. The second-order valence-electron chi connectivity index (χ2n) is 4.61. The van der Waals surface area contributed by atoms with Crippen molar-refractivity contribution in [3.05, 3.63) is 33.2 Å². The van der Waals surface area contributed by atoms with E-state index in [1.54, 1.807) is 0 Å². The van der Waals surface area contributed by atoms with Crippen LogP contribution in [0.4, 0.5) is 13.2 Å². The molecule has 22 heavy (non-hydrogen) atoms. The number of aliphatic hydroxyl groups is 3. The Morgan fingerprint density at radius 1 is 1.45 bits per heavy atom. The van der Waals surface area contributed by atoms with E-state index in [9.17, 15) is 23.4 Å². The lowest BCUT2D eigenvalue weighted by Gasteiger charge is -2.41. The van der Waals surface area contributed by atoms with E-state index in [4.69, 9.17) is 34.3 Å². The van der Waals surface area contributed by atoms with Crippen molar-refractivity contribution in [2.24, 2.45) is 0 Å². The quantitative estimate of drug-likeness (QED) is 0.608. The van der Waals surface area contributed by atoms with E-state index in [1.807, 2.05) is 0 Å². The lowest BCUT2D eigenvalue weighted by Crippen LogP contribution is -2.55. The van der Waals surface area contributed by atoms with Crippen LogP contribution in [0.1, 0.15) is 12.6 Å². The highest BCUT2D eigenvalue weighted by molar-refractivity contribution is 7.72. The minimum absolute atomic E-state index is 0.188. The molecule has 1 unspecified atom stereocenters. The van der Waals surface area contributed by atoms with Gasteiger partial charge in [-0.25, -0.2) is 0 Å². The molecule has 2 rings (SSSR count). The molecule has 0 fully saturated rings. The lowest BCUT2D eigenvalue weighted by molar-refractivity contribution is -0.315. The smallest absolute Gasteiger partial charge is 0.423 e. The fraction of sp³-hybridized carbons (Fsp3) is 0.455. The largest absolute Gasteiger partial charge is 0.509 e. The molecule has 2 heterocycles. The molecule has 2 atom stereocenters. The van der Waals surface area contributed by atoms with Crippen molar-refractivity contribution in [1.29, 1.82) is 0 Å². The van der Waals surface area contributed by atoms with Crippen LogP contribution in [0.15, 0.2) is 23.8 Å². The van der Waals surface area contributed by atoms with E-state index in [2.05, 4.69) is 4.98 Å². The van der Waals surface area contributed by atoms with Crippen LogP contribution >= 0.6 is 24.4 Å². The highest BCUT2D eigenvalue weighted by Gasteiger charge is 2.63. The predicted octanol–water partition coefficient (Wildman–Crippen LogP) is 2.25. The van der Waals surface area contributed by atoms with Crippen molar-refractivity contribution in [2.45, 2.75) is 24.4 Å². The normalized spacial score (nSPS) is 26.0. The molecule has 1 aliphatic rings. The van der Waals surface area contributed by atoms with Gasteiger partial charge in [0.1, 0.15) is 17.0 Å². The first kappa shape index (κ1) is 16.9. The van der Waals surface area contributed by atoms with Crippen molar-refractivity contribution in [3.8, 4) is 0 Å². The summed E-state index contributed by atoms with van der Waals surface area (Å²) in [4.78, 5) is 2.46. The van der Waals surface area contributed by atoms with Gasteiger partial charge in [0, 0.05) is 6.20 Å². The molecule has 0 amide bonds. The number of H-pyrrole nitrogens is 1. The van der Waals surface area contributed by atoms with Gasteiger partial charge in [0.25, 0.3) is 0 Å². The Bertz CT molecular complexity index is 727. The van der Waals surface area contributed by atoms with E-state index in [1.165, 1.54) is 6.07 Å². The Kier molecular flexibility index (Phi) is 4.35. The monoisotopic (exact) mass is 356 g/mol. The van der Waals surface area contributed by atoms with E-state index in [-0.39, 0.29) is 9.41 Å². The molecule has 0 saturated heterocycles. The van der Waals surface area contributed by atoms with Crippen LogP contribution in [-0.2, 0) is 4.74 Å². The summed E-state index contributed by atoms with van der Waals surface area (Å²) in [6.07, 6.45) is -7.19. The maximum atomic E-state index is 13.3. The summed E-state index contributed by atoms with van der Waals surface area (Å²) in [6.45, 7) is -0.827. The van der Waals surface area contributed by atoms with Crippen molar-refractivity contribution in [3.63, 3.8) is 0 Å². The van der Waals surface area contributed by atoms with Gasteiger partial charge in [-0.2, -0.15) is 13.2 Å². The van der Waals surface area contributed by atoms with E-state index in [0.29, 0.717) is 0 Å². The molecule has 1 aromatic heterocycles. The molecule has 6 nitrogen and oxygen atoms in total. The second kappa shape index (κ2) is 5.65. The summed E-state index contributed by atoms with van der Waals surface area (Å²) in [5.41, 5.74) is -3.43. The van der Waals surface area contributed by atoms with Gasteiger partial charge in [-0.15, -0.1) is 0 Å². The molecule has 0 spiro atoms. The Morgan fingerprint density at radius 2 is 2.09 bits per heavy atom. The Hall–Kier alpha value is -1.43. The molecule has 0 radical (unpaired) electrons. The summed E-state index contributed by atoms with van der Waals surface area (Å²) >= 11 is 9.70. The Morgan fingerprint density at radius 3 is 2.59 bits per heavy atom. The van der Waals surface area contributed by atoms with Gasteiger partial charge < -0.3 is 25.0 Å². The summed E-state index contributed by atoms with van der Waals surface area (Å²) in [5, 5.41) is 28.6. The summed E-state index contributed by atoms with van der Waals surface area (Å²) in [5.74, 6) is -1.35. The van der Waals surface area contributed by atoms with Crippen LogP contribution in [-0.4, -0.2) is 43.3 Å². The lowest BCUT2D eigenvalue weighted by atomic mass is 9.92. The van der Waals surface area contributed by atoms with Crippen molar-refractivity contribution in [2.75, 3.05) is 6.61 Å². The third kappa shape index (κ3) is 2.76. The Labute approximate surface area is 132 Å². The molecule has 4 N–H and O–H groups in total. The number of ether oxygens (including phenoxy) is 1. The fourth-order valence-electron chi connectivity index (χ4n) is 2.01. The van der Waals surface area contributed by atoms with Gasteiger partial charge in [-0.05, 0) is 18.3 Å². The number of nitrogens with zero attached hydrogens (tertiary/aromatic N) is 1. The minimum atomic E-state index is -5.12. The maximum Gasteiger partial charge on any atom is 0.423 e. The third-order valence-corrected chi connectivity index (χ3v) is 3.71. The zero-order valence-corrected chi connectivity index (χ0v) is 12.4. The number of nitrogens with one attached hydrogen (secondary N) is 1. The molecule has 0 aliphatic carbocycles. The zero-order chi connectivity index (χ0) is 16.7. The number of aromatic amines is 1. The predicted molar refractivity (Wildman–Crippen MR) is 72.9 cm³/mol. The molecular formula is C11H11F3N2O4S2. The number of hydrogen-bond acceptors (Lipinski definition) is 6. The molecule has 1 aliphatic heterocycles. The summed E-state index contributed by atoms with van der Waals surface area (Å²) in [7, 11) is 0. The van der Waals surface area contributed by atoms with E-state index < -0.39 is 42.6 Å². The maximum absolute atomic E-state index is 13.3. The van der Waals surface area contributed by atoms with Crippen LogP contribution in [0.3, 0.4) is 0 Å². The van der Waals surface area contributed by atoms with Gasteiger partial charge in [-0.3, -0.25) is 4.57 Å². The van der Waals surface area contributed by atoms with Gasteiger partial charge >= 0.3 is 6.18 Å². The van der Waals surface area contributed by atoms with Crippen molar-refractivity contribution in [1.82, 2.24) is 9.55 Å². The number of aromatic nitrogens is 2. The molecule has 1 aromatic rings. The highest BCUT2D eigenvalue weighted by Crippen LogP contribution is 2.47. The van der Waals surface area contributed by atoms with Gasteiger partial charge in [0.2, 0.25) is 11.8 Å². The zero-order valence-electron chi connectivity index (χ0n) is 10.8. The standard InChI is InChI=1S/C11H11F3N2O4S2/c12-11(13,14)10(19)3-5(18)6(4-17)20-8(10)16-2-1-7(21)15-9(16)22/h1-2,8,17-19H,3-4H2,(H,15,21,22)/t8-,10?/m1/s1. The SMILES string of the molecule is OCC1=C(O)CC(O)(C(F)(F)F)[C@H](n2ccc(=S)[nH]c2=S)O1. The van der Waals surface area contributed by atoms with Crippen LogP contribution in [0.2, 0.25) is 0 Å². The van der Waals surface area contributed by atoms with E-state index >= 15 is 0 Å². The first-order valence-corrected chi connectivity index (χ1v) is 6.71. The van der Waals surface area contributed by atoms with Crippen molar-refractivity contribution >= 4 is 24.4 Å². The second-order valence-corrected chi connectivity index (χ2v) is 5.44. The molecular weight excluding hydrogens is 345 g/mol. The topological polar surface area (TPSA) is 90.6 Å². The minimum Gasteiger partial charge on any atom is -0.509 e. The average molecular weight is 356 g/mol. The van der Waals surface area contributed by atoms with Gasteiger partial charge in [0.15, 0.2) is 10.5 Å². The van der Waals surface area contributed by atoms with Crippen LogP contribution in [0.25, 0.3) is 0 Å². The molecule has 0 aromatic carbocycles. The van der Waals surface area contributed by atoms with Crippen LogP contribution < -0.4 is 0 Å². The molecule has 11 heteroatoms. The molecule has 0 bridgehead atoms. The summed E-state index contributed by atoms with van der Waals surface area (Å²) in [6, 6.07) is 1.27. The van der Waals surface area contributed by atoms with Gasteiger partial charge in [0.05, 0.1) is 6.42 Å². The number of rotatable bonds is 2. The van der Waals surface area contributed by atoms with Crippen molar-refractivity contribution < 1.29 is 33.2 Å².